The van der Waals surface area contributed by atoms with Crippen LogP contribution in [0.5, 0.6) is 11.5 Å². The van der Waals surface area contributed by atoms with Gasteiger partial charge in [-0.05, 0) is 60.4 Å². The van der Waals surface area contributed by atoms with E-state index in [4.69, 9.17) is 21.1 Å². The fourth-order valence-corrected chi connectivity index (χ4v) is 6.78. The molecule has 0 bridgehead atoms. The lowest BCUT2D eigenvalue weighted by Gasteiger charge is -2.34. The number of hydrogen-bond acceptors (Lipinski definition) is 6. The number of methoxy groups -OCH3 is 2. The predicted octanol–water partition coefficient (Wildman–Crippen LogP) is 6.27. The topological polar surface area (TPSA) is 105 Å². The number of carbonyl (C=O) groups is 2. The Bertz CT molecular complexity index is 1800. The van der Waals surface area contributed by atoms with Crippen LogP contribution in [0, 0.1) is 12.8 Å². The van der Waals surface area contributed by atoms with E-state index in [1.165, 1.54) is 49.5 Å². The summed E-state index contributed by atoms with van der Waals surface area (Å²) in [5.41, 5.74) is 2.88. The quantitative estimate of drug-likeness (QED) is 0.158. The van der Waals surface area contributed by atoms with Crippen LogP contribution in [0.1, 0.15) is 30.5 Å². The molecule has 0 aliphatic heterocycles. The molecule has 2 amide bonds. The van der Waals surface area contributed by atoms with Gasteiger partial charge < -0.3 is 19.7 Å². The first-order valence-electron chi connectivity index (χ1n) is 15.6. The summed E-state index contributed by atoms with van der Waals surface area (Å²) in [6, 6.07) is 26.6. The van der Waals surface area contributed by atoms with Gasteiger partial charge >= 0.3 is 0 Å². The van der Waals surface area contributed by atoms with Crippen molar-refractivity contribution in [2.45, 2.75) is 44.7 Å². The molecule has 0 heterocycles. The van der Waals surface area contributed by atoms with Crippen molar-refractivity contribution < 1.29 is 27.5 Å². The highest BCUT2D eigenvalue weighted by molar-refractivity contribution is 7.92. The number of rotatable bonds is 15. The molecule has 9 nitrogen and oxygen atoms in total. The summed E-state index contributed by atoms with van der Waals surface area (Å²) in [7, 11) is -1.49. The predicted molar refractivity (Wildman–Crippen MR) is 189 cm³/mol. The molecule has 0 saturated heterocycles. The SMILES string of the molecule is COc1ccc(S(=O)(=O)N(CC(=O)N(Cc2cccc(C)c2)C(Cc2ccccc2)C(=O)NCC(C)C)c2ccc(Cl)cc2)cc1OC. The monoisotopic (exact) mass is 691 g/mol. The van der Waals surface area contributed by atoms with E-state index in [1.807, 2.05) is 75.4 Å². The number of benzene rings is 4. The second-order valence-corrected chi connectivity index (χ2v) is 14.2. The fraction of sp³-hybridized carbons (Fsp3) is 0.297. The summed E-state index contributed by atoms with van der Waals surface area (Å²) in [4.78, 5) is 29.9. The van der Waals surface area contributed by atoms with E-state index in [0.29, 0.717) is 17.3 Å². The third-order valence-electron chi connectivity index (χ3n) is 7.73. The van der Waals surface area contributed by atoms with Gasteiger partial charge in [-0.1, -0.05) is 85.6 Å². The Morgan fingerprint density at radius 3 is 2.12 bits per heavy atom. The molecular weight excluding hydrogens is 650 g/mol. The van der Waals surface area contributed by atoms with Crippen molar-refractivity contribution in [1.82, 2.24) is 10.2 Å². The van der Waals surface area contributed by atoms with Crippen LogP contribution in [0.25, 0.3) is 0 Å². The minimum atomic E-state index is -4.35. The number of nitrogens with zero attached hydrogens (tertiary/aromatic N) is 2. The molecule has 48 heavy (non-hydrogen) atoms. The molecule has 1 atom stereocenters. The van der Waals surface area contributed by atoms with Gasteiger partial charge in [0.2, 0.25) is 11.8 Å². The minimum Gasteiger partial charge on any atom is -0.493 e. The summed E-state index contributed by atoms with van der Waals surface area (Å²) in [6.07, 6.45) is 0.228. The molecule has 0 fully saturated rings. The summed E-state index contributed by atoms with van der Waals surface area (Å²) < 4.78 is 40.4. The van der Waals surface area contributed by atoms with Crippen molar-refractivity contribution in [1.29, 1.82) is 0 Å². The van der Waals surface area contributed by atoms with E-state index in [0.717, 1.165) is 21.0 Å². The fourth-order valence-electron chi connectivity index (χ4n) is 5.22. The zero-order valence-corrected chi connectivity index (χ0v) is 29.4. The summed E-state index contributed by atoms with van der Waals surface area (Å²) >= 11 is 6.17. The first kappa shape index (κ1) is 36.3. The van der Waals surface area contributed by atoms with Crippen LogP contribution >= 0.6 is 11.6 Å². The highest BCUT2D eigenvalue weighted by Gasteiger charge is 2.35. The van der Waals surface area contributed by atoms with Crippen molar-refractivity contribution in [2.24, 2.45) is 5.92 Å². The van der Waals surface area contributed by atoms with Crippen molar-refractivity contribution in [3.05, 3.63) is 119 Å². The molecule has 0 spiro atoms. The smallest absolute Gasteiger partial charge is 0.264 e. The molecule has 0 saturated carbocycles. The molecule has 4 aromatic rings. The van der Waals surface area contributed by atoms with E-state index in [9.17, 15) is 18.0 Å². The van der Waals surface area contributed by atoms with Crippen LogP contribution in [0.2, 0.25) is 5.02 Å². The molecule has 4 aromatic carbocycles. The number of hydrogen-bond donors (Lipinski definition) is 1. The van der Waals surface area contributed by atoms with Gasteiger partial charge in [-0.2, -0.15) is 0 Å². The Morgan fingerprint density at radius 2 is 1.50 bits per heavy atom. The van der Waals surface area contributed by atoms with Crippen molar-refractivity contribution in [3.8, 4) is 11.5 Å². The second-order valence-electron chi connectivity index (χ2n) is 11.9. The van der Waals surface area contributed by atoms with E-state index in [2.05, 4.69) is 5.32 Å². The summed E-state index contributed by atoms with van der Waals surface area (Å²) in [5.74, 6) is -0.136. The Hall–Kier alpha value is -4.54. The van der Waals surface area contributed by atoms with E-state index in [1.54, 1.807) is 12.1 Å². The molecule has 0 radical (unpaired) electrons. The highest BCUT2D eigenvalue weighted by Crippen LogP contribution is 2.33. The number of carbonyl (C=O) groups excluding carboxylic acids is 2. The summed E-state index contributed by atoms with van der Waals surface area (Å²) in [5, 5.41) is 3.40. The molecule has 1 N–H and O–H groups in total. The first-order chi connectivity index (χ1) is 22.9. The van der Waals surface area contributed by atoms with E-state index < -0.39 is 28.5 Å². The maximum absolute atomic E-state index is 14.6. The number of anilines is 1. The van der Waals surface area contributed by atoms with Gasteiger partial charge in [0.25, 0.3) is 10.0 Å². The van der Waals surface area contributed by atoms with Crippen LogP contribution in [0.4, 0.5) is 5.69 Å². The minimum absolute atomic E-state index is 0.0813. The number of sulfonamides is 1. The molecule has 0 aromatic heterocycles. The third kappa shape index (κ3) is 9.29. The van der Waals surface area contributed by atoms with Gasteiger partial charge in [0.15, 0.2) is 11.5 Å². The van der Waals surface area contributed by atoms with Crippen LogP contribution in [-0.2, 0) is 32.6 Å². The average Bonchev–Trinajstić information content (AvgIpc) is 3.08. The Morgan fingerprint density at radius 1 is 0.833 bits per heavy atom. The molecule has 0 aliphatic rings. The molecule has 1 unspecified atom stereocenters. The van der Waals surface area contributed by atoms with Gasteiger partial charge in [-0.15, -0.1) is 0 Å². The number of amides is 2. The van der Waals surface area contributed by atoms with Crippen LogP contribution in [0.3, 0.4) is 0 Å². The Kier molecular flexibility index (Phi) is 12.5. The van der Waals surface area contributed by atoms with Crippen molar-refractivity contribution in [2.75, 3.05) is 31.6 Å². The maximum Gasteiger partial charge on any atom is 0.264 e. The molecule has 254 valence electrons. The van der Waals surface area contributed by atoms with Crippen LogP contribution in [-0.4, -0.2) is 58.5 Å². The number of nitrogens with one attached hydrogen (secondary N) is 1. The largest absolute Gasteiger partial charge is 0.493 e. The average molecular weight is 692 g/mol. The second kappa shape index (κ2) is 16.5. The maximum atomic E-state index is 14.6. The van der Waals surface area contributed by atoms with Crippen molar-refractivity contribution >= 4 is 39.1 Å². The Balaban J connectivity index is 1.82. The van der Waals surface area contributed by atoms with Gasteiger partial charge in [0.1, 0.15) is 12.6 Å². The van der Waals surface area contributed by atoms with Gasteiger partial charge in [-0.25, -0.2) is 8.42 Å². The van der Waals surface area contributed by atoms with Crippen LogP contribution in [0.15, 0.2) is 102 Å². The third-order valence-corrected chi connectivity index (χ3v) is 9.75. The highest BCUT2D eigenvalue weighted by atomic mass is 35.5. The van der Waals surface area contributed by atoms with E-state index >= 15 is 0 Å². The lowest BCUT2D eigenvalue weighted by atomic mass is 10.0. The standard InChI is InChI=1S/C37H42ClN3O6S/c1-26(2)23-39-37(43)33(21-28-11-7-6-8-12-28)40(24-29-13-9-10-27(3)20-29)36(42)25-41(31-16-14-30(38)15-17-31)48(44,45)32-18-19-34(46-4)35(22-32)47-5/h6-20,22,26,33H,21,23-25H2,1-5H3,(H,39,43). The van der Waals surface area contributed by atoms with Gasteiger partial charge in [0.05, 0.1) is 24.8 Å². The molecular formula is C37H42ClN3O6S. The number of aryl methyl sites for hydroxylation is 1. The lowest BCUT2D eigenvalue weighted by Crippen LogP contribution is -2.53. The summed E-state index contributed by atoms with van der Waals surface area (Å²) in [6.45, 7) is 5.84. The number of ether oxygens (including phenoxy) is 2. The number of halogens is 1. The lowest BCUT2D eigenvalue weighted by molar-refractivity contribution is -0.140. The van der Waals surface area contributed by atoms with Gasteiger partial charge in [-0.3, -0.25) is 13.9 Å². The van der Waals surface area contributed by atoms with E-state index in [-0.39, 0.29) is 41.1 Å². The Labute approximate surface area is 288 Å². The molecule has 11 heteroatoms. The van der Waals surface area contributed by atoms with Crippen LogP contribution < -0.4 is 19.1 Å². The first-order valence-corrected chi connectivity index (χ1v) is 17.4. The molecule has 0 aliphatic carbocycles. The van der Waals surface area contributed by atoms with Crippen molar-refractivity contribution in [3.63, 3.8) is 0 Å². The zero-order chi connectivity index (χ0) is 34.8. The molecule has 4 rings (SSSR count). The normalized spacial score (nSPS) is 11.9. The van der Waals surface area contributed by atoms with Gasteiger partial charge in [0, 0.05) is 30.6 Å². The zero-order valence-electron chi connectivity index (χ0n) is 27.9.